The standard InChI is InChI=1S/C5H8INO2S/c6-7-3-5-1-2-10(8,9)4-5/h3,5H,1-2,4H2/b7-3+. The lowest BCUT2D eigenvalue weighted by Crippen LogP contribution is -2.05. The minimum absolute atomic E-state index is 0.168. The second-order valence-electron chi connectivity index (χ2n) is 2.41. The van der Waals surface area contributed by atoms with Crippen molar-refractivity contribution in [3.63, 3.8) is 0 Å². The van der Waals surface area contributed by atoms with Crippen LogP contribution in [-0.4, -0.2) is 26.1 Å². The SMILES string of the molecule is O=S1(=O)CCC(/C=N/I)C1. The molecule has 1 rings (SSSR count). The maximum atomic E-state index is 10.9. The Balaban J connectivity index is 2.60. The van der Waals surface area contributed by atoms with Crippen LogP contribution in [0.15, 0.2) is 3.21 Å². The normalized spacial score (nSPS) is 31.5. The molecule has 1 atom stereocenters. The van der Waals surface area contributed by atoms with Crippen LogP contribution in [0.1, 0.15) is 6.42 Å². The molecular formula is C5H8INO2S. The van der Waals surface area contributed by atoms with E-state index in [1.807, 2.05) is 22.9 Å². The zero-order chi connectivity index (χ0) is 7.61. The first-order valence-corrected chi connectivity index (χ1v) is 5.77. The van der Waals surface area contributed by atoms with Crippen LogP contribution in [0.4, 0.5) is 0 Å². The molecule has 1 fully saturated rings. The fourth-order valence-corrected chi connectivity index (χ4v) is 3.21. The zero-order valence-electron chi connectivity index (χ0n) is 5.33. The average molecular weight is 273 g/mol. The van der Waals surface area contributed by atoms with Crippen molar-refractivity contribution in [2.75, 3.05) is 11.5 Å². The van der Waals surface area contributed by atoms with E-state index in [4.69, 9.17) is 0 Å². The Morgan fingerprint density at radius 2 is 2.30 bits per heavy atom. The molecule has 0 aliphatic carbocycles. The summed E-state index contributed by atoms with van der Waals surface area (Å²) in [6.07, 6.45) is 2.46. The molecule has 0 N–H and O–H groups in total. The number of hydrogen-bond acceptors (Lipinski definition) is 3. The molecule has 0 aromatic carbocycles. The van der Waals surface area contributed by atoms with Crippen LogP contribution in [0.25, 0.3) is 0 Å². The molecule has 1 aliphatic rings. The Morgan fingerprint density at radius 3 is 2.70 bits per heavy atom. The first kappa shape index (κ1) is 8.45. The van der Waals surface area contributed by atoms with Crippen LogP contribution in [0.3, 0.4) is 0 Å². The summed E-state index contributed by atoms with van der Waals surface area (Å²) in [4.78, 5) is 0. The van der Waals surface area contributed by atoms with Gasteiger partial charge in [-0.15, -0.1) is 0 Å². The van der Waals surface area contributed by atoms with Gasteiger partial charge in [0.25, 0.3) is 0 Å². The summed E-state index contributed by atoms with van der Waals surface area (Å²) in [6.45, 7) is 0. The molecule has 0 spiro atoms. The quantitative estimate of drug-likeness (QED) is 0.525. The highest BCUT2D eigenvalue weighted by atomic mass is 127. The molecular weight excluding hydrogens is 265 g/mol. The summed E-state index contributed by atoms with van der Waals surface area (Å²) < 4.78 is 25.5. The zero-order valence-corrected chi connectivity index (χ0v) is 8.30. The van der Waals surface area contributed by atoms with Gasteiger partial charge >= 0.3 is 0 Å². The fraction of sp³-hybridized carbons (Fsp3) is 0.800. The number of nitrogens with zero attached hydrogens (tertiary/aromatic N) is 1. The lowest BCUT2D eigenvalue weighted by atomic mass is 10.1. The van der Waals surface area contributed by atoms with Crippen molar-refractivity contribution in [3.05, 3.63) is 0 Å². The Kier molecular flexibility index (Phi) is 2.67. The molecule has 0 aromatic heterocycles. The molecule has 58 valence electrons. The second kappa shape index (κ2) is 3.17. The number of rotatable bonds is 1. The highest BCUT2D eigenvalue weighted by Gasteiger charge is 2.26. The third-order valence-electron chi connectivity index (χ3n) is 1.53. The second-order valence-corrected chi connectivity index (χ2v) is 5.20. The fourth-order valence-electron chi connectivity index (χ4n) is 1.02. The van der Waals surface area contributed by atoms with Gasteiger partial charge in [0.05, 0.1) is 34.4 Å². The number of sulfone groups is 1. The van der Waals surface area contributed by atoms with E-state index >= 15 is 0 Å². The van der Waals surface area contributed by atoms with Crippen molar-refractivity contribution in [1.82, 2.24) is 0 Å². The predicted molar refractivity (Wildman–Crippen MR) is 49.3 cm³/mol. The average Bonchev–Trinajstić information content (AvgIpc) is 2.12. The molecule has 5 heteroatoms. The van der Waals surface area contributed by atoms with Crippen molar-refractivity contribution in [2.45, 2.75) is 6.42 Å². The molecule has 3 nitrogen and oxygen atoms in total. The topological polar surface area (TPSA) is 46.5 Å². The Bertz CT molecular complexity index is 234. The monoisotopic (exact) mass is 273 g/mol. The van der Waals surface area contributed by atoms with E-state index in [1.165, 1.54) is 0 Å². The molecule has 10 heavy (non-hydrogen) atoms. The van der Waals surface area contributed by atoms with E-state index < -0.39 is 9.84 Å². The molecule has 1 heterocycles. The summed E-state index contributed by atoms with van der Waals surface area (Å²) in [6, 6.07) is 0. The summed E-state index contributed by atoms with van der Waals surface area (Å²) >= 11 is 1.86. The summed E-state index contributed by atoms with van der Waals surface area (Å²) in [5.41, 5.74) is 0. The minimum Gasteiger partial charge on any atom is -0.229 e. The maximum Gasteiger partial charge on any atom is 0.150 e. The van der Waals surface area contributed by atoms with E-state index in [0.29, 0.717) is 11.5 Å². The molecule has 0 aromatic rings. The van der Waals surface area contributed by atoms with Gasteiger partial charge in [0, 0.05) is 12.1 Å². The van der Waals surface area contributed by atoms with Gasteiger partial charge in [-0.25, -0.2) is 11.6 Å². The van der Waals surface area contributed by atoms with Crippen LogP contribution in [0.2, 0.25) is 0 Å². The Labute approximate surface area is 74.3 Å². The third-order valence-corrected chi connectivity index (χ3v) is 3.65. The van der Waals surface area contributed by atoms with Gasteiger partial charge in [-0.2, -0.15) is 0 Å². The van der Waals surface area contributed by atoms with Gasteiger partial charge in [0.15, 0.2) is 9.84 Å². The van der Waals surface area contributed by atoms with Crippen LogP contribution < -0.4 is 0 Å². The lowest BCUT2D eigenvalue weighted by molar-refractivity contribution is 0.601. The van der Waals surface area contributed by atoms with Crippen molar-refractivity contribution < 1.29 is 8.42 Å². The van der Waals surface area contributed by atoms with Gasteiger partial charge in [0.1, 0.15) is 0 Å². The van der Waals surface area contributed by atoms with Crippen molar-refractivity contribution >= 4 is 38.9 Å². The number of halogens is 1. The lowest BCUT2D eigenvalue weighted by Gasteiger charge is -1.93. The van der Waals surface area contributed by atoms with E-state index in [9.17, 15) is 8.42 Å². The molecule has 0 saturated carbocycles. The van der Waals surface area contributed by atoms with Crippen LogP contribution in [-0.2, 0) is 9.84 Å². The van der Waals surface area contributed by atoms with Crippen LogP contribution in [0.5, 0.6) is 0 Å². The highest BCUT2D eigenvalue weighted by molar-refractivity contribution is 14.1. The van der Waals surface area contributed by atoms with Crippen molar-refractivity contribution in [2.24, 2.45) is 9.12 Å². The first-order valence-electron chi connectivity index (χ1n) is 2.99. The van der Waals surface area contributed by atoms with E-state index in [1.54, 1.807) is 6.21 Å². The van der Waals surface area contributed by atoms with Gasteiger partial charge < -0.3 is 0 Å². The largest absolute Gasteiger partial charge is 0.229 e. The van der Waals surface area contributed by atoms with Gasteiger partial charge in [-0.1, -0.05) is 0 Å². The molecule has 0 amide bonds. The molecule has 1 aliphatic heterocycles. The van der Waals surface area contributed by atoms with Gasteiger partial charge in [-0.05, 0) is 6.42 Å². The van der Waals surface area contributed by atoms with Crippen molar-refractivity contribution in [3.8, 4) is 0 Å². The molecule has 0 bridgehead atoms. The highest BCUT2D eigenvalue weighted by Crippen LogP contribution is 2.16. The number of hydrogen-bond donors (Lipinski definition) is 0. The summed E-state index contributed by atoms with van der Waals surface area (Å²) in [5.74, 6) is 0.793. The van der Waals surface area contributed by atoms with E-state index in [-0.39, 0.29) is 5.92 Å². The van der Waals surface area contributed by atoms with Gasteiger partial charge in [-0.3, -0.25) is 0 Å². The summed E-state index contributed by atoms with van der Waals surface area (Å²) in [7, 11) is -2.71. The summed E-state index contributed by atoms with van der Waals surface area (Å²) in [5, 5.41) is 0. The smallest absolute Gasteiger partial charge is 0.150 e. The molecule has 0 radical (unpaired) electrons. The Hall–Kier alpha value is 0.350. The predicted octanol–water partition coefficient (Wildman–Crippen LogP) is 0.842. The van der Waals surface area contributed by atoms with E-state index in [0.717, 1.165) is 6.42 Å². The van der Waals surface area contributed by atoms with Crippen LogP contribution in [0, 0.1) is 5.92 Å². The third kappa shape index (κ3) is 2.19. The van der Waals surface area contributed by atoms with Crippen LogP contribution >= 0.6 is 22.9 Å². The molecule has 1 unspecified atom stereocenters. The minimum atomic E-state index is -2.71. The van der Waals surface area contributed by atoms with Gasteiger partial charge in [0.2, 0.25) is 0 Å². The maximum absolute atomic E-state index is 10.9. The molecule has 1 saturated heterocycles. The Morgan fingerprint density at radius 1 is 1.60 bits per heavy atom. The first-order chi connectivity index (χ1) is 4.64. The van der Waals surface area contributed by atoms with Crippen molar-refractivity contribution in [1.29, 1.82) is 0 Å². The van der Waals surface area contributed by atoms with E-state index in [2.05, 4.69) is 3.21 Å².